The fourth-order valence-corrected chi connectivity index (χ4v) is 3.07. The van der Waals surface area contributed by atoms with E-state index in [9.17, 15) is 0 Å². The van der Waals surface area contributed by atoms with Crippen molar-refractivity contribution in [2.75, 3.05) is 19.8 Å². The van der Waals surface area contributed by atoms with Crippen LogP contribution < -0.4 is 9.47 Å². The van der Waals surface area contributed by atoms with Gasteiger partial charge in [-0.3, -0.25) is 0 Å². The van der Waals surface area contributed by atoms with Crippen LogP contribution in [0.5, 0.6) is 11.6 Å². The molecule has 5 nitrogen and oxygen atoms in total. The van der Waals surface area contributed by atoms with Crippen molar-refractivity contribution >= 4 is 22.4 Å². The van der Waals surface area contributed by atoms with E-state index in [2.05, 4.69) is 4.98 Å². The molecule has 0 amide bonds. The lowest BCUT2D eigenvalue weighted by atomic mass is 10.1. The SMILES string of the molecule is CCOC(COc1ncccc1COc1ccc(Cl)c2ccccc12)OCC. The van der Waals surface area contributed by atoms with Gasteiger partial charge in [-0.1, -0.05) is 35.9 Å². The Balaban J connectivity index is 1.71. The molecule has 0 aliphatic heterocycles. The first-order valence-electron chi connectivity index (χ1n) is 9.32. The molecule has 2 aromatic carbocycles. The Morgan fingerprint density at radius 2 is 1.64 bits per heavy atom. The van der Waals surface area contributed by atoms with E-state index in [0.717, 1.165) is 22.1 Å². The van der Waals surface area contributed by atoms with Gasteiger partial charge in [0.1, 0.15) is 19.0 Å². The standard InChI is InChI=1S/C22H24ClNO4/c1-3-25-21(26-4-2)15-28-22-16(8-7-13-24-22)14-27-20-12-11-19(23)17-9-5-6-10-18(17)20/h5-13,21H,3-4,14-15H2,1-2H3. The second-order valence-corrected chi connectivity index (χ2v) is 6.41. The van der Waals surface area contributed by atoms with Gasteiger partial charge in [0, 0.05) is 35.2 Å². The summed E-state index contributed by atoms with van der Waals surface area (Å²) in [4.78, 5) is 4.33. The number of benzene rings is 2. The lowest BCUT2D eigenvalue weighted by Gasteiger charge is -2.18. The highest BCUT2D eigenvalue weighted by atomic mass is 35.5. The Hall–Kier alpha value is -2.34. The summed E-state index contributed by atoms with van der Waals surface area (Å²) in [6.45, 7) is 5.52. The van der Waals surface area contributed by atoms with Crippen LogP contribution in [0.15, 0.2) is 54.7 Å². The third-order valence-electron chi connectivity index (χ3n) is 4.13. The van der Waals surface area contributed by atoms with Crippen LogP contribution in [0.3, 0.4) is 0 Å². The van der Waals surface area contributed by atoms with Gasteiger partial charge in [0.2, 0.25) is 5.88 Å². The highest BCUT2D eigenvalue weighted by Crippen LogP contribution is 2.32. The molecule has 0 spiro atoms. The van der Waals surface area contributed by atoms with Crippen LogP contribution in [0.4, 0.5) is 0 Å². The van der Waals surface area contributed by atoms with Crippen molar-refractivity contribution in [2.24, 2.45) is 0 Å². The number of rotatable bonds is 10. The zero-order valence-corrected chi connectivity index (χ0v) is 16.8. The van der Waals surface area contributed by atoms with E-state index in [1.54, 1.807) is 6.20 Å². The van der Waals surface area contributed by atoms with E-state index >= 15 is 0 Å². The number of halogens is 1. The van der Waals surface area contributed by atoms with E-state index in [-0.39, 0.29) is 6.61 Å². The summed E-state index contributed by atoms with van der Waals surface area (Å²) in [6.07, 6.45) is 1.26. The Bertz CT molecular complexity index is 897. The lowest BCUT2D eigenvalue weighted by Crippen LogP contribution is -2.25. The maximum atomic E-state index is 6.28. The third-order valence-corrected chi connectivity index (χ3v) is 4.45. The summed E-state index contributed by atoms with van der Waals surface area (Å²) in [6, 6.07) is 15.4. The largest absolute Gasteiger partial charge is 0.488 e. The van der Waals surface area contributed by atoms with Crippen molar-refractivity contribution in [1.29, 1.82) is 0 Å². The number of hydrogen-bond acceptors (Lipinski definition) is 5. The minimum Gasteiger partial charge on any atom is -0.488 e. The highest BCUT2D eigenvalue weighted by Gasteiger charge is 2.13. The van der Waals surface area contributed by atoms with Crippen molar-refractivity contribution in [3.05, 3.63) is 65.3 Å². The fraction of sp³-hybridized carbons (Fsp3) is 0.318. The molecule has 0 saturated carbocycles. The van der Waals surface area contributed by atoms with Gasteiger partial charge >= 0.3 is 0 Å². The van der Waals surface area contributed by atoms with E-state index < -0.39 is 6.29 Å². The van der Waals surface area contributed by atoms with Crippen molar-refractivity contribution < 1.29 is 18.9 Å². The van der Waals surface area contributed by atoms with Crippen molar-refractivity contribution in [1.82, 2.24) is 4.98 Å². The molecule has 0 radical (unpaired) electrons. The fourth-order valence-electron chi connectivity index (χ4n) is 2.84. The molecule has 148 valence electrons. The molecule has 3 aromatic rings. The van der Waals surface area contributed by atoms with Gasteiger partial charge < -0.3 is 18.9 Å². The summed E-state index contributed by atoms with van der Waals surface area (Å²) < 4.78 is 22.9. The predicted octanol–water partition coefficient (Wildman–Crippen LogP) is 5.25. The van der Waals surface area contributed by atoms with Crippen molar-refractivity contribution in [2.45, 2.75) is 26.7 Å². The molecule has 0 aliphatic rings. The van der Waals surface area contributed by atoms with Gasteiger partial charge in [-0.2, -0.15) is 0 Å². The number of aromatic nitrogens is 1. The second-order valence-electron chi connectivity index (χ2n) is 6.00. The Morgan fingerprint density at radius 1 is 0.893 bits per heavy atom. The van der Waals surface area contributed by atoms with E-state index in [1.165, 1.54) is 0 Å². The smallest absolute Gasteiger partial charge is 0.220 e. The number of ether oxygens (including phenoxy) is 4. The van der Waals surface area contributed by atoms with Gasteiger partial charge in [-0.05, 0) is 38.1 Å². The number of pyridine rings is 1. The van der Waals surface area contributed by atoms with Gasteiger partial charge in [0.25, 0.3) is 0 Å². The van der Waals surface area contributed by atoms with E-state index in [0.29, 0.717) is 30.7 Å². The maximum Gasteiger partial charge on any atom is 0.220 e. The molecule has 0 bridgehead atoms. The Morgan fingerprint density at radius 3 is 2.39 bits per heavy atom. The molecule has 0 N–H and O–H groups in total. The van der Waals surface area contributed by atoms with E-state index in [4.69, 9.17) is 30.5 Å². The number of nitrogens with zero attached hydrogens (tertiary/aromatic N) is 1. The van der Waals surface area contributed by atoms with Crippen LogP contribution in [0.1, 0.15) is 19.4 Å². The molecule has 28 heavy (non-hydrogen) atoms. The predicted molar refractivity (Wildman–Crippen MR) is 110 cm³/mol. The minimum atomic E-state index is -0.425. The molecule has 0 atom stereocenters. The summed E-state index contributed by atoms with van der Waals surface area (Å²) in [5.41, 5.74) is 0.841. The van der Waals surface area contributed by atoms with Crippen LogP contribution in [-0.4, -0.2) is 31.1 Å². The molecule has 1 heterocycles. The Kier molecular flexibility index (Phi) is 7.48. The second kappa shape index (κ2) is 10.3. The van der Waals surface area contributed by atoms with Crippen LogP contribution in [-0.2, 0) is 16.1 Å². The number of fused-ring (bicyclic) bond motifs is 1. The molecule has 1 aromatic heterocycles. The molecule has 0 saturated heterocycles. The highest BCUT2D eigenvalue weighted by molar-refractivity contribution is 6.35. The first kappa shape index (κ1) is 20.4. The summed E-state index contributed by atoms with van der Waals surface area (Å²) in [5, 5.41) is 2.63. The van der Waals surface area contributed by atoms with E-state index in [1.807, 2.05) is 62.4 Å². The average Bonchev–Trinajstić information content (AvgIpc) is 2.73. The third kappa shape index (κ3) is 5.13. The Labute approximate surface area is 170 Å². The average molecular weight is 402 g/mol. The topological polar surface area (TPSA) is 49.8 Å². The first-order chi connectivity index (χ1) is 13.7. The molecular formula is C22H24ClNO4. The van der Waals surface area contributed by atoms with Gasteiger partial charge in [-0.25, -0.2) is 4.98 Å². The van der Waals surface area contributed by atoms with Crippen LogP contribution >= 0.6 is 11.6 Å². The normalized spacial score (nSPS) is 11.1. The zero-order chi connectivity index (χ0) is 19.8. The van der Waals surface area contributed by atoms with Gasteiger partial charge in [0.05, 0.1) is 5.56 Å². The summed E-state index contributed by atoms with van der Waals surface area (Å²) in [7, 11) is 0. The lowest BCUT2D eigenvalue weighted by molar-refractivity contribution is -0.152. The van der Waals surface area contributed by atoms with Crippen LogP contribution in [0.25, 0.3) is 10.8 Å². The van der Waals surface area contributed by atoms with Gasteiger partial charge in [0.15, 0.2) is 6.29 Å². The molecule has 0 unspecified atom stereocenters. The number of hydrogen-bond donors (Lipinski definition) is 0. The quantitative estimate of drug-likeness (QED) is 0.434. The first-order valence-corrected chi connectivity index (χ1v) is 9.70. The zero-order valence-electron chi connectivity index (χ0n) is 16.1. The maximum absolute atomic E-state index is 6.28. The van der Waals surface area contributed by atoms with Gasteiger partial charge in [-0.15, -0.1) is 0 Å². The molecular weight excluding hydrogens is 378 g/mol. The molecule has 3 rings (SSSR count). The minimum absolute atomic E-state index is 0.259. The van der Waals surface area contributed by atoms with Crippen molar-refractivity contribution in [3.8, 4) is 11.6 Å². The summed E-state index contributed by atoms with van der Waals surface area (Å²) in [5.74, 6) is 1.27. The van der Waals surface area contributed by atoms with Crippen LogP contribution in [0.2, 0.25) is 5.02 Å². The summed E-state index contributed by atoms with van der Waals surface area (Å²) >= 11 is 6.28. The van der Waals surface area contributed by atoms with Crippen molar-refractivity contribution in [3.63, 3.8) is 0 Å². The molecule has 6 heteroatoms. The van der Waals surface area contributed by atoms with Crippen LogP contribution in [0, 0.1) is 0 Å². The monoisotopic (exact) mass is 401 g/mol. The molecule has 0 fully saturated rings. The molecule has 0 aliphatic carbocycles.